The molecule has 3 aromatic rings. The van der Waals surface area contributed by atoms with Gasteiger partial charge in [0.2, 0.25) is 0 Å². The van der Waals surface area contributed by atoms with Crippen LogP contribution in [0.5, 0.6) is 11.5 Å². The minimum atomic E-state index is -1.43. The summed E-state index contributed by atoms with van der Waals surface area (Å²) in [6, 6.07) is 17.9. The molecule has 1 aliphatic rings. The normalized spacial score (nSPS) is 16.0. The fourth-order valence-corrected chi connectivity index (χ4v) is 4.71. The first kappa shape index (κ1) is 30.0. The lowest BCUT2D eigenvalue weighted by Gasteiger charge is -2.37. The molecule has 4 rings (SSSR count). The van der Waals surface area contributed by atoms with Crippen molar-refractivity contribution in [3.05, 3.63) is 99.1 Å². The number of amides is 1. The van der Waals surface area contributed by atoms with E-state index in [-0.39, 0.29) is 36.4 Å². The molecule has 1 aliphatic carbocycles. The number of non-ortho nitro benzene ring substituents is 1. The number of alkyl carbamates (subject to hydrolysis) is 1. The van der Waals surface area contributed by atoms with Gasteiger partial charge in [0.15, 0.2) is 0 Å². The molecule has 0 aromatic heterocycles. The van der Waals surface area contributed by atoms with Crippen LogP contribution in [0.25, 0.3) is 0 Å². The molecule has 0 unspecified atom stereocenters. The predicted octanol–water partition coefficient (Wildman–Crippen LogP) is 5.67. The van der Waals surface area contributed by atoms with Crippen LogP contribution in [-0.2, 0) is 38.5 Å². The lowest BCUT2D eigenvalue weighted by atomic mass is 9.77. The quantitative estimate of drug-likeness (QED) is 0.155. The molecule has 0 aliphatic heterocycles. The molecule has 11 heteroatoms. The summed E-state index contributed by atoms with van der Waals surface area (Å²) in [7, 11) is 1.24. The van der Waals surface area contributed by atoms with E-state index in [1.54, 1.807) is 57.2 Å². The van der Waals surface area contributed by atoms with E-state index in [0.717, 1.165) is 17.2 Å². The zero-order valence-electron chi connectivity index (χ0n) is 23.8. The summed E-state index contributed by atoms with van der Waals surface area (Å²) in [6.45, 7) is 5.10. The first-order chi connectivity index (χ1) is 19.9. The van der Waals surface area contributed by atoms with Crippen molar-refractivity contribution in [2.45, 2.75) is 57.8 Å². The second kappa shape index (κ2) is 12.3. The number of esters is 2. The Labute approximate surface area is 242 Å². The lowest BCUT2D eigenvalue weighted by molar-refractivity contribution is -0.384. The Kier molecular flexibility index (Phi) is 8.79. The van der Waals surface area contributed by atoms with E-state index >= 15 is 0 Å². The summed E-state index contributed by atoms with van der Waals surface area (Å²) in [5, 5.41) is 14.2. The van der Waals surface area contributed by atoms with Gasteiger partial charge in [-0.1, -0.05) is 42.5 Å². The van der Waals surface area contributed by atoms with Crippen molar-refractivity contribution in [2.75, 3.05) is 7.11 Å². The van der Waals surface area contributed by atoms with Crippen LogP contribution in [0.4, 0.5) is 10.5 Å². The van der Waals surface area contributed by atoms with Crippen LogP contribution in [0, 0.1) is 10.1 Å². The number of benzene rings is 3. The second-order valence-corrected chi connectivity index (χ2v) is 10.9. The maximum absolute atomic E-state index is 13.1. The van der Waals surface area contributed by atoms with Gasteiger partial charge in [0.1, 0.15) is 34.8 Å². The summed E-state index contributed by atoms with van der Waals surface area (Å²) in [5.74, 6) is -1.12. The molecule has 0 radical (unpaired) electrons. The van der Waals surface area contributed by atoms with Crippen LogP contribution < -0.4 is 10.1 Å². The Balaban J connectivity index is 1.66. The number of aryl methyl sites for hydroxylation is 1. The van der Waals surface area contributed by atoms with E-state index in [4.69, 9.17) is 18.9 Å². The van der Waals surface area contributed by atoms with Gasteiger partial charge in [-0.3, -0.25) is 10.1 Å². The van der Waals surface area contributed by atoms with Crippen LogP contribution >= 0.6 is 0 Å². The fourth-order valence-electron chi connectivity index (χ4n) is 4.71. The Hall–Kier alpha value is -4.93. The van der Waals surface area contributed by atoms with Crippen molar-refractivity contribution < 1.29 is 38.3 Å². The number of methoxy groups -OCH3 is 1. The van der Waals surface area contributed by atoms with E-state index in [2.05, 4.69) is 5.32 Å². The maximum Gasteiger partial charge on any atom is 0.408 e. The van der Waals surface area contributed by atoms with Gasteiger partial charge in [-0.2, -0.15) is 0 Å². The number of ether oxygens (including phenoxy) is 4. The van der Waals surface area contributed by atoms with Crippen molar-refractivity contribution in [1.29, 1.82) is 0 Å². The molecule has 1 atom stereocenters. The maximum atomic E-state index is 13.1. The van der Waals surface area contributed by atoms with Gasteiger partial charge >= 0.3 is 18.0 Å². The molecule has 3 aromatic carbocycles. The molecule has 0 saturated heterocycles. The highest BCUT2D eigenvalue weighted by Crippen LogP contribution is 2.39. The third-order valence-corrected chi connectivity index (χ3v) is 6.67. The van der Waals surface area contributed by atoms with Gasteiger partial charge in [0.05, 0.1) is 12.0 Å². The first-order valence-corrected chi connectivity index (χ1v) is 13.3. The summed E-state index contributed by atoms with van der Waals surface area (Å²) in [5.41, 5.74) is -0.456. The Morgan fingerprint density at radius 2 is 1.74 bits per heavy atom. The van der Waals surface area contributed by atoms with Crippen LogP contribution in [0.15, 0.2) is 66.7 Å². The highest BCUT2D eigenvalue weighted by Gasteiger charge is 2.45. The number of fused-ring (bicyclic) bond motifs is 1. The van der Waals surface area contributed by atoms with E-state index < -0.39 is 34.1 Å². The summed E-state index contributed by atoms with van der Waals surface area (Å²) in [4.78, 5) is 49.8. The highest BCUT2D eigenvalue weighted by atomic mass is 16.6. The van der Waals surface area contributed by atoms with Gasteiger partial charge in [-0.05, 0) is 56.9 Å². The summed E-state index contributed by atoms with van der Waals surface area (Å²) < 4.78 is 22.1. The molecule has 0 fully saturated rings. The average Bonchev–Trinajstić information content (AvgIpc) is 2.95. The fraction of sp³-hybridized carbons (Fsp3) is 0.323. The number of nitro groups is 1. The molecule has 11 nitrogen and oxygen atoms in total. The SMILES string of the molecule is COC(=O)[C@]1(NC(=O)OC(C)(C)C)CCc2cccc(Oc3ccc([N+](=O)[O-])cc3C(=O)OCc3ccccc3)c2C1. The van der Waals surface area contributed by atoms with Gasteiger partial charge in [0.25, 0.3) is 5.69 Å². The van der Waals surface area contributed by atoms with E-state index in [1.807, 2.05) is 12.1 Å². The van der Waals surface area contributed by atoms with Crippen LogP contribution in [0.2, 0.25) is 0 Å². The van der Waals surface area contributed by atoms with Gasteiger partial charge in [0, 0.05) is 24.1 Å². The van der Waals surface area contributed by atoms with Crippen LogP contribution in [0.3, 0.4) is 0 Å². The van der Waals surface area contributed by atoms with Gasteiger partial charge in [-0.25, -0.2) is 14.4 Å². The average molecular weight is 577 g/mol. The number of hydrogen-bond acceptors (Lipinski definition) is 9. The van der Waals surface area contributed by atoms with Gasteiger partial charge < -0.3 is 24.3 Å². The zero-order chi connectivity index (χ0) is 30.5. The third-order valence-electron chi connectivity index (χ3n) is 6.67. The van der Waals surface area contributed by atoms with Crippen molar-refractivity contribution in [2.24, 2.45) is 0 Å². The molecule has 0 spiro atoms. The molecular formula is C31H32N2O9. The molecular weight excluding hydrogens is 544 g/mol. The van der Waals surface area contributed by atoms with Crippen LogP contribution in [0.1, 0.15) is 54.2 Å². The van der Waals surface area contributed by atoms with Crippen molar-refractivity contribution in [3.63, 3.8) is 0 Å². The molecule has 1 amide bonds. The minimum Gasteiger partial charge on any atom is -0.467 e. The smallest absolute Gasteiger partial charge is 0.408 e. The Morgan fingerprint density at radius 1 is 1.00 bits per heavy atom. The number of carbonyl (C=O) groups is 3. The molecule has 0 bridgehead atoms. The number of hydrogen-bond donors (Lipinski definition) is 1. The summed E-state index contributed by atoms with van der Waals surface area (Å²) in [6.07, 6.45) is -0.0905. The topological polar surface area (TPSA) is 143 Å². The molecule has 0 saturated carbocycles. The van der Waals surface area contributed by atoms with Crippen LogP contribution in [-0.4, -0.2) is 41.2 Å². The molecule has 0 heterocycles. The standard InChI is InChI=1S/C31H32N2O9/c1-30(2,3)42-29(36)32-31(28(35)39-4)16-15-21-11-8-12-25(24(21)18-31)41-26-14-13-22(33(37)38)17-23(26)27(34)40-19-20-9-6-5-7-10-20/h5-14,17H,15-16,18-19H2,1-4H3,(H,32,36)/t31-/m0/s1. The zero-order valence-corrected chi connectivity index (χ0v) is 23.8. The van der Waals surface area contributed by atoms with Crippen molar-refractivity contribution >= 4 is 23.7 Å². The van der Waals surface area contributed by atoms with Gasteiger partial charge in [-0.15, -0.1) is 0 Å². The lowest BCUT2D eigenvalue weighted by Crippen LogP contribution is -2.59. The number of nitro benzene ring substituents is 1. The second-order valence-electron chi connectivity index (χ2n) is 10.9. The number of carbonyl (C=O) groups excluding carboxylic acids is 3. The number of rotatable bonds is 8. The number of nitrogens with zero attached hydrogens (tertiary/aromatic N) is 1. The third kappa shape index (κ3) is 7.03. The Morgan fingerprint density at radius 3 is 2.40 bits per heavy atom. The largest absolute Gasteiger partial charge is 0.467 e. The van der Waals surface area contributed by atoms with Crippen molar-refractivity contribution in [1.82, 2.24) is 5.32 Å². The minimum absolute atomic E-state index is 0.0190. The van der Waals surface area contributed by atoms with Crippen molar-refractivity contribution in [3.8, 4) is 11.5 Å². The van der Waals surface area contributed by atoms with E-state index in [0.29, 0.717) is 17.7 Å². The Bertz CT molecular complexity index is 1500. The first-order valence-electron chi connectivity index (χ1n) is 13.3. The monoisotopic (exact) mass is 576 g/mol. The number of nitrogens with one attached hydrogen (secondary N) is 1. The molecule has 1 N–H and O–H groups in total. The molecule has 42 heavy (non-hydrogen) atoms. The highest BCUT2D eigenvalue weighted by molar-refractivity contribution is 5.93. The molecule has 220 valence electrons. The van der Waals surface area contributed by atoms with E-state index in [1.165, 1.54) is 19.2 Å². The van der Waals surface area contributed by atoms with E-state index in [9.17, 15) is 24.5 Å². The predicted molar refractivity (Wildman–Crippen MR) is 151 cm³/mol. The summed E-state index contributed by atoms with van der Waals surface area (Å²) >= 11 is 0.